The quantitative estimate of drug-likeness (QED) is 0.698. The smallest absolute Gasteiger partial charge is 0.271 e. The molecule has 1 N–H and O–H groups in total. The Kier molecular flexibility index (Phi) is 5.00. The second-order valence-electron chi connectivity index (χ2n) is 5.31. The van der Waals surface area contributed by atoms with Gasteiger partial charge in [0.2, 0.25) is 0 Å². The number of carbonyl (C=O) groups excluding carboxylic acids is 1. The maximum absolute atomic E-state index is 13.9. The summed E-state index contributed by atoms with van der Waals surface area (Å²) in [4.78, 5) is 21.3. The number of rotatable bonds is 6. The number of amides is 1. The molecule has 1 aromatic carbocycles. The second-order valence-corrected chi connectivity index (χ2v) is 6.52. The number of nitrogens with zero attached hydrogens (tertiary/aromatic N) is 3. The average Bonchev–Trinajstić information content (AvgIpc) is 3.21. The van der Waals surface area contributed by atoms with Crippen molar-refractivity contribution in [3.8, 4) is 10.6 Å². The van der Waals surface area contributed by atoms with Crippen molar-refractivity contribution in [1.29, 1.82) is 0 Å². The van der Waals surface area contributed by atoms with Gasteiger partial charge in [-0.2, -0.15) is 0 Å². The second kappa shape index (κ2) is 7.35. The molecule has 0 radical (unpaired) electrons. The number of aromatic nitrogens is 3. The van der Waals surface area contributed by atoms with Crippen molar-refractivity contribution in [2.24, 2.45) is 0 Å². The fourth-order valence-electron chi connectivity index (χ4n) is 2.32. The molecule has 0 aliphatic heterocycles. The van der Waals surface area contributed by atoms with Crippen molar-refractivity contribution < 1.29 is 9.18 Å². The van der Waals surface area contributed by atoms with E-state index >= 15 is 0 Å². The Morgan fingerprint density at radius 2 is 2.21 bits per heavy atom. The molecule has 3 rings (SSSR count). The van der Waals surface area contributed by atoms with Gasteiger partial charge >= 0.3 is 0 Å². The van der Waals surface area contributed by atoms with E-state index in [1.165, 1.54) is 17.4 Å². The highest BCUT2D eigenvalue weighted by molar-refractivity contribution is 7.15. The summed E-state index contributed by atoms with van der Waals surface area (Å²) in [6.07, 6.45) is 6.15. The number of thiazole rings is 1. The van der Waals surface area contributed by atoms with Crippen molar-refractivity contribution >= 4 is 17.2 Å². The average molecular weight is 344 g/mol. The van der Waals surface area contributed by atoms with Gasteiger partial charge in [0.15, 0.2) is 0 Å². The molecule has 0 atom stereocenters. The van der Waals surface area contributed by atoms with Crippen LogP contribution in [0.25, 0.3) is 10.6 Å². The maximum atomic E-state index is 13.9. The van der Waals surface area contributed by atoms with E-state index in [1.807, 2.05) is 17.7 Å². The number of benzene rings is 1. The topological polar surface area (TPSA) is 59.8 Å². The fourth-order valence-corrected chi connectivity index (χ4v) is 3.26. The number of nitrogens with one attached hydrogen (secondary N) is 1. The lowest BCUT2D eigenvalue weighted by atomic mass is 10.2. The van der Waals surface area contributed by atoms with Crippen LogP contribution in [0.5, 0.6) is 0 Å². The molecule has 5 nitrogen and oxygen atoms in total. The lowest BCUT2D eigenvalue weighted by Crippen LogP contribution is -2.26. The van der Waals surface area contributed by atoms with Crippen molar-refractivity contribution in [2.45, 2.75) is 19.9 Å². The highest BCUT2D eigenvalue weighted by Crippen LogP contribution is 2.29. The third-order valence-electron chi connectivity index (χ3n) is 3.55. The lowest BCUT2D eigenvalue weighted by molar-refractivity contribution is 0.0948. The van der Waals surface area contributed by atoms with Gasteiger partial charge in [0.25, 0.3) is 5.91 Å². The highest BCUT2D eigenvalue weighted by Gasteiger charge is 2.17. The first-order valence-electron chi connectivity index (χ1n) is 7.61. The van der Waals surface area contributed by atoms with Crippen LogP contribution in [-0.2, 0) is 6.54 Å². The number of hydrogen-bond acceptors (Lipinski definition) is 4. The number of halogens is 1. The Balaban J connectivity index is 1.62. The first-order valence-corrected chi connectivity index (χ1v) is 8.43. The van der Waals surface area contributed by atoms with Crippen LogP contribution in [0, 0.1) is 12.7 Å². The molecular weight excluding hydrogens is 327 g/mol. The predicted octanol–water partition coefficient (Wildman–Crippen LogP) is 3.27. The van der Waals surface area contributed by atoms with Crippen LogP contribution in [0.1, 0.15) is 21.8 Å². The number of carbonyl (C=O) groups is 1. The minimum Gasteiger partial charge on any atom is -0.351 e. The summed E-state index contributed by atoms with van der Waals surface area (Å²) in [7, 11) is 0. The van der Waals surface area contributed by atoms with E-state index in [0.717, 1.165) is 17.8 Å². The van der Waals surface area contributed by atoms with Crippen LogP contribution < -0.4 is 5.32 Å². The molecule has 3 aromatic rings. The number of hydrogen-bond donors (Lipinski definition) is 1. The predicted molar refractivity (Wildman–Crippen MR) is 91.4 cm³/mol. The molecule has 2 aromatic heterocycles. The summed E-state index contributed by atoms with van der Waals surface area (Å²) in [5.41, 5.74) is 0.783. The third kappa shape index (κ3) is 3.68. The highest BCUT2D eigenvalue weighted by atomic mass is 32.1. The fraction of sp³-hybridized carbons (Fsp3) is 0.235. The molecule has 0 unspecified atom stereocenters. The summed E-state index contributed by atoms with van der Waals surface area (Å²) in [6, 6.07) is 6.44. The minimum absolute atomic E-state index is 0.225. The van der Waals surface area contributed by atoms with Crippen LogP contribution in [0.2, 0.25) is 0 Å². The van der Waals surface area contributed by atoms with Crippen molar-refractivity contribution in [3.63, 3.8) is 0 Å². The minimum atomic E-state index is -0.335. The van der Waals surface area contributed by atoms with Crippen molar-refractivity contribution in [1.82, 2.24) is 19.9 Å². The molecule has 0 saturated heterocycles. The Bertz CT molecular complexity index is 829. The largest absolute Gasteiger partial charge is 0.351 e. The normalized spacial score (nSPS) is 10.8. The molecule has 0 bridgehead atoms. The van der Waals surface area contributed by atoms with Gasteiger partial charge in [-0.3, -0.25) is 4.79 Å². The first kappa shape index (κ1) is 16.3. The molecule has 0 aliphatic rings. The summed E-state index contributed by atoms with van der Waals surface area (Å²) in [5.74, 6) is -0.560. The van der Waals surface area contributed by atoms with Gasteiger partial charge in [-0.15, -0.1) is 11.3 Å². The SMILES string of the molecule is Cc1sc(-c2ccccc2F)nc1C(=O)NCCCn1ccnc1. The lowest BCUT2D eigenvalue weighted by Gasteiger charge is -2.04. The Morgan fingerprint density at radius 3 is 2.96 bits per heavy atom. The Labute approximate surface area is 143 Å². The molecule has 2 heterocycles. The van der Waals surface area contributed by atoms with Crippen molar-refractivity contribution in [2.75, 3.05) is 6.54 Å². The first-order chi connectivity index (χ1) is 11.6. The van der Waals surface area contributed by atoms with E-state index in [9.17, 15) is 9.18 Å². The van der Waals surface area contributed by atoms with Gasteiger partial charge in [-0.05, 0) is 25.5 Å². The van der Waals surface area contributed by atoms with Gasteiger partial charge in [-0.25, -0.2) is 14.4 Å². The van der Waals surface area contributed by atoms with Crippen LogP contribution in [-0.4, -0.2) is 27.0 Å². The van der Waals surface area contributed by atoms with Crippen LogP contribution >= 0.6 is 11.3 Å². The molecule has 124 valence electrons. The summed E-state index contributed by atoms with van der Waals surface area (Å²) < 4.78 is 15.8. The molecule has 0 aliphatic carbocycles. The maximum Gasteiger partial charge on any atom is 0.271 e. The van der Waals surface area contributed by atoms with Crippen LogP contribution in [0.3, 0.4) is 0 Å². The summed E-state index contributed by atoms with van der Waals surface area (Å²) in [5, 5.41) is 3.38. The molecule has 1 amide bonds. The number of imidazole rings is 1. The Hall–Kier alpha value is -2.54. The van der Waals surface area contributed by atoms with E-state index in [4.69, 9.17) is 0 Å². The zero-order valence-corrected chi connectivity index (χ0v) is 14.0. The van der Waals surface area contributed by atoms with Gasteiger partial charge < -0.3 is 9.88 Å². The molecule has 0 saturated carbocycles. The standard InChI is InChI=1S/C17H17FN4OS/c1-12-15(16(23)20-7-4-9-22-10-8-19-11-22)21-17(24-12)13-5-2-3-6-14(13)18/h2-3,5-6,8,10-11H,4,7,9H2,1H3,(H,20,23). The van der Waals surface area contributed by atoms with E-state index in [1.54, 1.807) is 30.7 Å². The van der Waals surface area contributed by atoms with Gasteiger partial charge in [-0.1, -0.05) is 12.1 Å². The van der Waals surface area contributed by atoms with E-state index < -0.39 is 0 Å². The third-order valence-corrected chi connectivity index (χ3v) is 4.56. The van der Waals surface area contributed by atoms with E-state index in [2.05, 4.69) is 15.3 Å². The van der Waals surface area contributed by atoms with Gasteiger partial charge in [0.05, 0.1) is 6.33 Å². The zero-order valence-electron chi connectivity index (χ0n) is 13.2. The summed E-state index contributed by atoms with van der Waals surface area (Å²) >= 11 is 1.32. The molecule has 24 heavy (non-hydrogen) atoms. The number of aryl methyl sites for hydroxylation is 2. The van der Waals surface area contributed by atoms with Gasteiger partial charge in [0, 0.05) is 35.9 Å². The molecule has 0 fully saturated rings. The van der Waals surface area contributed by atoms with Crippen LogP contribution in [0.4, 0.5) is 4.39 Å². The Morgan fingerprint density at radius 1 is 1.38 bits per heavy atom. The van der Waals surface area contributed by atoms with Crippen LogP contribution in [0.15, 0.2) is 43.0 Å². The van der Waals surface area contributed by atoms with Crippen molar-refractivity contribution in [3.05, 3.63) is 59.4 Å². The molecule has 0 spiro atoms. The monoisotopic (exact) mass is 344 g/mol. The molecular formula is C17H17FN4OS. The molecule has 7 heteroatoms. The van der Waals surface area contributed by atoms with E-state index in [-0.39, 0.29) is 11.7 Å². The van der Waals surface area contributed by atoms with Gasteiger partial charge in [0.1, 0.15) is 16.5 Å². The van der Waals surface area contributed by atoms with E-state index in [0.29, 0.717) is 22.8 Å². The summed E-state index contributed by atoms with van der Waals surface area (Å²) in [6.45, 7) is 3.15. The zero-order chi connectivity index (χ0) is 16.9.